The molecule has 0 atom stereocenters. The van der Waals surface area contributed by atoms with E-state index >= 15 is 0 Å². The van der Waals surface area contributed by atoms with Crippen molar-refractivity contribution in [1.29, 1.82) is 0 Å². The van der Waals surface area contributed by atoms with Gasteiger partial charge in [-0.25, -0.2) is 0 Å². The molecule has 0 aliphatic rings. The van der Waals surface area contributed by atoms with Gasteiger partial charge in [-0.2, -0.15) is 0 Å². The predicted octanol–water partition coefficient (Wildman–Crippen LogP) is 16.3. The predicted molar refractivity (Wildman–Crippen MR) is 245 cm³/mol. The zero-order valence-electron chi connectivity index (χ0n) is 31.2. The zero-order chi connectivity index (χ0) is 38.2. The van der Waals surface area contributed by atoms with Crippen molar-refractivity contribution in [3.63, 3.8) is 0 Å². The van der Waals surface area contributed by atoms with Crippen molar-refractivity contribution in [3.8, 4) is 33.4 Å². The summed E-state index contributed by atoms with van der Waals surface area (Å²) in [6.07, 6.45) is 0. The van der Waals surface area contributed by atoms with E-state index in [4.69, 9.17) is 8.83 Å². The molecule has 0 amide bonds. The van der Waals surface area contributed by atoms with E-state index in [-0.39, 0.29) is 0 Å². The first-order valence-electron chi connectivity index (χ1n) is 19.6. The SMILES string of the molecule is c1cc(-c2ccc3oc4ccccc4c3c2)cc(N(c2ccc(-c3ccc4sc5ccccc5c4c3)cc2)c2cccc(-c3ccc4oc5ccccc5c4c3)c2)c1. The Morgan fingerprint density at radius 2 is 0.724 bits per heavy atom. The number of nitrogens with zero attached hydrogens (tertiary/aromatic N) is 1. The molecule has 0 bridgehead atoms. The minimum Gasteiger partial charge on any atom is -0.456 e. The summed E-state index contributed by atoms with van der Waals surface area (Å²) in [5, 5.41) is 7.11. The summed E-state index contributed by atoms with van der Waals surface area (Å²) < 4.78 is 15.0. The zero-order valence-corrected chi connectivity index (χ0v) is 32.0. The highest BCUT2D eigenvalue weighted by Crippen LogP contribution is 2.42. The molecule has 0 saturated carbocycles. The van der Waals surface area contributed by atoms with Crippen LogP contribution in [0.25, 0.3) is 97.4 Å². The molecular formula is C54H33NO2S. The molecule has 12 aromatic rings. The molecule has 3 aromatic heterocycles. The molecule has 12 rings (SSSR count). The van der Waals surface area contributed by atoms with E-state index in [0.29, 0.717) is 0 Å². The van der Waals surface area contributed by atoms with Crippen LogP contribution in [-0.2, 0) is 0 Å². The first-order valence-corrected chi connectivity index (χ1v) is 20.4. The van der Waals surface area contributed by atoms with E-state index < -0.39 is 0 Å². The average molecular weight is 760 g/mol. The summed E-state index contributed by atoms with van der Waals surface area (Å²) >= 11 is 1.85. The number of furan rings is 2. The number of hydrogen-bond acceptors (Lipinski definition) is 4. The number of para-hydroxylation sites is 2. The van der Waals surface area contributed by atoms with E-state index in [9.17, 15) is 0 Å². The van der Waals surface area contributed by atoms with E-state index in [1.165, 1.54) is 31.3 Å². The fourth-order valence-electron chi connectivity index (χ4n) is 8.62. The molecule has 0 aliphatic carbocycles. The summed E-state index contributed by atoms with van der Waals surface area (Å²) in [5.74, 6) is 0. The Bertz CT molecular complexity index is 3380. The van der Waals surface area contributed by atoms with E-state index in [1.54, 1.807) is 0 Å². The van der Waals surface area contributed by atoms with Crippen molar-refractivity contribution in [1.82, 2.24) is 0 Å². The minimum absolute atomic E-state index is 0.896. The molecule has 0 saturated heterocycles. The third-order valence-electron chi connectivity index (χ3n) is 11.5. The summed E-state index contributed by atoms with van der Waals surface area (Å²) in [6, 6.07) is 71.8. The van der Waals surface area contributed by atoms with E-state index in [2.05, 4.69) is 181 Å². The summed E-state index contributed by atoms with van der Waals surface area (Å²) in [7, 11) is 0. The van der Waals surface area contributed by atoms with Gasteiger partial charge in [-0.05, 0) is 124 Å². The van der Waals surface area contributed by atoms with Gasteiger partial charge in [0.25, 0.3) is 0 Å². The maximum atomic E-state index is 6.17. The minimum atomic E-state index is 0.896. The molecule has 3 heterocycles. The topological polar surface area (TPSA) is 29.5 Å². The van der Waals surface area contributed by atoms with Crippen LogP contribution in [0, 0.1) is 0 Å². The smallest absolute Gasteiger partial charge is 0.135 e. The maximum Gasteiger partial charge on any atom is 0.135 e. The Labute approximate surface area is 338 Å². The maximum absolute atomic E-state index is 6.17. The highest BCUT2D eigenvalue weighted by molar-refractivity contribution is 7.25. The van der Waals surface area contributed by atoms with Gasteiger partial charge in [0.1, 0.15) is 22.3 Å². The van der Waals surface area contributed by atoms with Crippen LogP contribution < -0.4 is 4.90 Å². The van der Waals surface area contributed by atoms with Crippen molar-refractivity contribution < 1.29 is 8.83 Å². The fraction of sp³-hybridized carbons (Fsp3) is 0. The van der Waals surface area contributed by atoms with Crippen LogP contribution in [0.2, 0.25) is 0 Å². The van der Waals surface area contributed by atoms with Gasteiger partial charge in [-0.1, -0.05) is 109 Å². The molecule has 0 unspecified atom stereocenters. The highest BCUT2D eigenvalue weighted by Gasteiger charge is 2.17. The lowest BCUT2D eigenvalue weighted by Crippen LogP contribution is -2.10. The molecule has 58 heavy (non-hydrogen) atoms. The average Bonchev–Trinajstić information content (AvgIpc) is 3.97. The molecule has 9 aromatic carbocycles. The third-order valence-corrected chi connectivity index (χ3v) is 12.6. The number of rotatable bonds is 6. The first kappa shape index (κ1) is 32.8. The molecule has 0 N–H and O–H groups in total. The lowest BCUT2D eigenvalue weighted by atomic mass is 10.00. The normalized spacial score (nSPS) is 11.8. The Hall–Kier alpha value is -7.40. The lowest BCUT2D eigenvalue weighted by Gasteiger charge is -2.27. The molecule has 4 heteroatoms. The summed E-state index contributed by atoms with van der Waals surface area (Å²) in [5.41, 5.74) is 13.8. The second kappa shape index (κ2) is 13.1. The van der Waals surface area contributed by atoms with Gasteiger partial charge in [0.2, 0.25) is 0 Å². The Balaban J connectivity index is 0.978. The standard InChI is InChI=1S/C54H33NO2S/c1-4-16-49-43(13-1)46-31-38(21-26-51(46)56-49)35-9-7-11-41(29-35)55(40-24-19-34(20-25-40)37-23-28-54-48(33-37)45-15-3-6-18-53(45)58-54)42-12-8-10-36(30-42)39-22-27-52-47(32-39)44-14-2-5-17-50(44)57-52/h1-33H. The van der Waals surface area contributed by atoms with Gasteiger partial charge < -0.3 is 13.7 Å². The van der Waals surface area contributed by atoms with Crippen LogP contribution in [-0.4, -0.2) is 0 Å². The van der Waals surface area contributed by atoms with Gasteiger partial charge in [0.15, 0.2) is 0 Å². The number of benzene rings is 9. The number of hydrogen-bond donors (Lipinski definition) is 0. The Morgan fingerprint density at radius 3 is 1.34 bits per heavy atom. The van der Waals surface area contributed by atoms with Gasteiger partial charge in [0.05, 0.1) is 0 Å². The quantitative estimate of drug-likeness (QED) is 0.169. The van der Waals surface area contributed by atoms with Gasteiger partial charge >= 0.3 is 0 Å². The van der Waals surface area contributed by atoms with E-state index in [0.717, 1.165) is 83.2 Å². The highest BCUT2D eigenvalue weighted by atomic mass is 32.1. The molecule has 0 radical (unpaired) electrons. The Kier molecular flexibility index (Phi) is 7.40. The van der Waals surface area contributed by atoms with Crippen molar-refractivity contribution >= 4 is 92.4 Å². The number of anilines is 3. The monoisotopic (exact) mass is 759 g/mol. The lowest BCUT2D eigenvalue weighted by molar-refractivity contribution is 0.668. The van der Waals surface area contributed by atoms with Gasteiger partial charge in [-0.3, -0.25) is 0 Å². The van der Waals surface area contributed by atoms with Crippen molar-refractivity contribution in [2.45, 2.75) is 0 Å². The molecule has 0 fully saturated rings. The second-order valence-electron chi connectivity index (χ2n) is 14.9. The molecule has 3 nitrogen and oxygen atoms in total. The Morgan fingerprint density at radius 1 is 0.276 bits per heavy atom. The molecular weight excluding hydrogens is 727 g/mol. The molecule has 0 aliphatic heterocycles. The van der Waals surface area contributed by atoms with Crippen LogP contribution in [0.4, 0.5) is 17.1 Å². The molecule has 272 valence electrons. The number of fused-ring (bicyclic) bond motifs is 9. The van der Waals surface area contributed by atoms with Gasteiger partial charge in [-0.15, -0.1) is 11.3 Å². The third kappa shape index (κ3) is 5.42. The molecule has 0 spiro atoms. The summed E-state index contributed by atoms with van der Waals surface area (Å²) in [4.78, 5) is 2.36. The van der Waals surface area contributed by atoms with Crippen LogP contribution in [0.1, 0.15) is 0 Å². The van der Waals surface area contributed by atoms with Crippen LogP contribution in [0.5, 0.6) is 0 Å². The summed E-state index contributed by atoms with van der Waals surface area (Å²) in [6.45, 7) is 0. The van der Waals surface area contributed by atoms with Crippen LogP contribution >= 0.6 is 11.3 Å². The van der Waals surface area contributed by atoms with Gasteiger partial charge in [0, 0.05) is 58.8 Å². The largest absolute Gasteiger partial charge is 0.456 e. The first-order chi connectivity index (χ1) is 28.7. The van der Waals surface area contributed by atoms with Crippen molar-refractivity contribution in [2.24, 2.45) is 0 Å². The fourth-order valence-corrected chi connectivity index (χ4v) is 9.70. The van der Waals surface area contributed by atoms with Crippen LogP contribution in [0.3, 0.4) is 0 Å². The van der Waals surface area contributed by atoms with Crippen molar-refractivity contribution in [3.05, 3.63) is 200 Å². The second-order valence-corrected chi connectivity index (χ2v) is 16.0. The van der Waals surface area contributed by atoms with Crippen LogP contribution in [0.15, 0.2) is 209 Å². The van der Waals surface area contributed by atoms with E-state index in [1.807, 2.05) is 35.6 Å². The van der Waals surface area contributed by atoms with Crippen molar-refractivity contribution in [2.75, 3.05) is 4.90 Å². The number of thiophene rings is 1.